The third-order valence-corrected chi connectivity index (χ3v) is 9.20. The molecule has 5 aromatic rings. The number of allylic oxidation sites excluding steroid dienone is 3. The van der Waals surface area contributed by atoms with Crippen molar-refractivity contribution >= 4 is 63.5 Å². The fourth-order valence-corrected chi connectivity index (χ4v) is 6.70. The second-order valence-electron chi connectivity index (χ2n) is 12.9. The first-order valence-corrected chi connectivity index (χ1v) is 16.7. The van der Waals surface area contributed by atoms with Crippen LogP contribution in [-0.2, 0) is 14.3 Å². The number of Topliss-reactive ketones (excluding diaryl/α,β-unsaturated/α-hetero) is 2. The second kappa shape index (κ2) is 12.3. The summed E-state index contributed by atoms with van der Waals surface area (Å²) in [5.74, 6) is -0.579. The molecule has 8 rings (SSSR count). The van der Waals surface area contributed by atoms with Crippen molar-refractivity contribution in [2.24, 2.45) is 0 Å². The Morgan fingerprint density at radius 3 is 1.46 bits per heavy atom. The zero-order valence-corrected chi connectivity index (χ0v) is 28.2. The number of ether oxygens (including phenoxy) is 1. The maximum absolute atomic E-state index is 14.4. The molecule has 2 N–H and O–H groups in total. The van der Waals surface area contributed by atoms with Crippen LogP contribution in [0.3, 0.4) is 0 Å². The van der Waals surface area contributed by atoms with Gasteiger partial charge >= 0.3 is 0 Å². The molecular formula is C43H34N4O3. The van der Waals surface area contributed by atoms with Crippen molar-refractivity contribution < 1.29 is 14.3 Å². The molecular weight excluding hydrogens is 620 g/mol. The van der Waals surface area contributed by atoms with Crippen LogP contribution in [0.25, 0.3) is 74.2 Å². The van der Waals surface area contributed by atoms with Gasteiger partial charge in [0.1, 0.15) is 0 Å². The van der Waals surface area contributed by atoms with Gasteiger partial charge in [0.05, 0.1) is 34.5 Å². The SMILES string of the molecule is CC1=C(C)C(=O)C(c2c3nc(c(-c4ccccc4)c4ccc(cc5ccc([nH]5)c(-c5ccccc5)c5nc2C=C5)[nH]4)C=C3)=C(OC(C)C)C1=O. The smallest absolute Gasteiger partial charge is 0.224 e. The monoisotopic (exact) mass is 654 g/mol. The van der Waals surface area contributed by atoms with Gasteiger partial charge in [-0.05, 0) is 93.5 Å². The maximum atomic E-state index is 14.4. The summed E-state index contributed by atoms with van der Waals surface area (Å²) in [6, 6.07) is 30.5. The number of hydrogen-bond acceptors (Lipinski definition) is 5. The molecule has 2 aliphatic heterocycles. The first-order chi connectivity index (χ1) is 24.3. The minimum atomic E-state index is -0.349. The molecule has 5 heterocycles. The lowest BCUT2D eigenvalue weighted by Crippen LogP contribution is -2.25. The van der Waals surface area contributed by atoms with E-state index in [2.05, 4.69) is 64.6 Å². The van der Waals surface area contributed by atoms with Crippen molar-refractivity contribution in [2.75, 3.05) is 0 Å². The normalized spacial score (nSPS) is 14.3. The molecule has 0 fully saturated rings. The van der Waals surface area contributed by atoms with Gasteiger partial charge in [-0.3, -0.25) is 9.59 Å². The summed E-state index contributed by atoms with van der Waals surface area (Å²) in [7, 11) is 0. The minimum absolute atomic E-state index is 0.0182. The summed E-state index contributed by atoms with van der Waals surface area (Å²) in [6.07, 6.45) is 7.35. The van der Waals surface area contributed by atoms with E-state index in [9.17, 15) is 9.59 Å². The largest absolute Gasteiger partial charge is 0.486 e. The molecule has 8 bridgehead atoms. The van der Waals surface area contributed by atoms with Gasteiger partial charge in [-0.25, -0.2) is 9.97 Å². The number of carbonyl (C=O) groups is 2. The molecule has 3 aliphatic rings. The molecule has 50 heavy (non-hydrogen) atoms. The van der Waals surface area contributed by atoms with Gasteiger partial charge in [0.25, 0.3) is 0 Å². The minimum Gasteiger partial charge on any atom is -0.486 e. The molecule has 3 aromatic heterocycles. The van der Waals surface area contributed by atoms with Gasteiger partial charge in [0.15, 0.2) is 11.5 Å². The van der Waals surface area contributed by atoms with E-state index in [0.29, 0.717) is 39.5 Å². The predicted octanol–water partition coefficient (Wildman–Crippen LogP) is 9.61. The van der Waals surface area contributed by atoms with Gasteiger partial charge in [-0.2, -0.15) is 0 Å². The molecule has 1 aliphatic carbocycles. The van der Waals surface area contributed by atoms with Crippen LogP contribution in [-0.4, -0.2) is 37.6 Å². The van der Waals surface area contributed by atoms with E-state index in [1.807, 2.05) is 74.5 Å². The lowest BCUT2D eigenvalue weighted by Gasteiger charge is -2.23. The Labute approximate surface area is 289 Å². The Kier molecular flexibility index (Phi) is 7.60. The molecule has 0 saturated heterocycles. The third-order valence-electron chi connectivity index (χ3n) is 9.20. The summed E-state index contributed by atoms with van der Waals surface area (Å²) in [4.78, 5) is 45.8. The molecule has 244 valence electrons. The lowest BCUT2D eigenvalue weighted by molar-refractivity contribution is -0.118. The van der Waals surface area contributed by atoms with Crippen molar-refractivity contribution in [3.8, 4) is 22.3 Å². The molecule has 7 nitrogen and oxygen atoms in total. The number of rotatable bonds is 5. The van der Waals surface area contributed by atoms with Crippen molar-refractivity contribution in [3.05, 3.63) is 136 Å². The molecule has 2 aromatic carbocycles. The van der Waals surface area contributed by atoms with E-state index < -0.39 is 0 Å². The number of H-pyrrole nitrogens is 2. The quantitative estimate of drug-likeness (QED) is 0.180. The van der Waals surface area contributed by atoms with E-state index in [4.69, 9.17) is 14.7 Å². The molecule has 0 radical (unpaired) electrons. The Hall–Kier alpha value is -6.34. The molecule has 0 saturated carbocycles. The van der Waals surface area contributed by atoms with Crippen LogP contribution in [0.4, 0.5) is 0 Å². The van der Waals surface area contributed by atoms with Gasteiger partial charge in [-0.15, -0.1) is 0 Å². The van der Waals surface area contributed by atoms with Gasteiger partial charge < -0.3 is 14.7 Å². The maximum Gasteiger partial charge on any atom is 0.224 e. The number of ketones is 2. The zero-order chi connectivity index (χ0) is 34.5. The van der Waals surface area contributed by atoms with Gasteiger partial charge in [0.2, 0.25) is 5.78 Å². The van der Waals surface area contributed by atoms with Crippen LogP contribution in [0, 0.1) is 0 Å². The first kappa shape index (κ1) is 31.0. The van der Waals surface area contributed by atoms with E-state index >= 15 is 0 Å². The number of benzene rings is 2. The van der Waals surface area contributed by atoms with Crippen LogP contribution in [0.1, 0.15) is 56.0 Å². The third kappa shape index (κ3) is 5.33. The summed E-state index contributed by atoms with van der Waals surface area (Å²) in [6.45, 7) is 7.06. The average Bonchev–Trinajstić information content (AvgIpc) is 3.95. The van der Waals surface area contributed by atoms with Crippen molar-refractivity contribution in [1.82, 2.24) is 19.9 Å². The molecule has 0 spiro atoms. The Balaban J connectivity index is 1.57. The second-order valence-corrected chi connectivity index (χ2v) is 12.9. The first-order valence-electron chi connectivity index (χ1n) is 16.7. The highest BCUT2D eigenvalue weighted by atomic mass is 16.5. The van der Waals surface area contributed by atoms with Crippen LogP contribution in [0.5, 0.6) is 0 Å². The summed E-state index contributed by atoms with van der Waals surface area (Å²) in [5.41, 5.74) is 11.2. The number of nitrogens with one attached hydrogen (secondary N) is 2. The predicted molar refractivity (Wildman–Crippen MR) is 201 cm³/mol. The van der Waals surface area contributed by atoms with E-state index in [1.54, 1.807) is 13.8 Å². The van der Waals surface area contributed by atoms with Crippen molar-refractivity contribution in [1.29, 1.82) is 0 Å². The number of aromatic nitrogens is 4. The van der Waals surface area contributed by atoms with Crippen LogP contribution < -0.4 is 0 Å². The van der Waals surface area contributed by atoms with Crippen LogP contribution in [0.2, 0.25) is 0 Å². The van der Waals surface area contributed by atoms with Gasteiger partial charge in [-0.1, -0.05) is 60.7 Å². The molecule has 0 amide bonds. The number of fused-ring (bicyclic) bond motifs is 8. The summed E-state index contributed by atoms with van der Waals surface area (Å²) >= 11 is 0. The fraction of sp³-hybridized carbons (Fsp3) is 0.116. The highest BCUT2D eigenvalue weighted by Crippen LogP contribution is 2.39. The lowest BCUT2D eigenvalue weighted by atomic mass is 9.85. The van der Waals surface area contributed by atoms with Crippen LogP contribution in [0.15, 0.2) is 108 Å². The van der Waals surface area contributed by atoms with E-state index in [-0.39, 0.29) is 29.0 Å². The Morgan fingerprint density at radius 1 is 0.560 bits per heavy atom. The fourth-order valence-electron chi connectivity index (χ4n) is 6.70. The van der Waals surface area contributed by atoms with E-state index in [0.717, 1.165) is 44.3 Å². The number of hydrogen-bond donors (Lipinski definition) is 2. The molecule has 0 unspecified atom stereocenters. The number of nitrogens with zero attached hydrogens (tertiary/aromatic N) is 2. The number of carbonyl (C=O) groups excluding carboxylic acids is 2. The summed E-state index contributed by atoms with van der Waals surface area (Å²) in [5, 5.41) is 0. The van der Waals surface area contributed by atoms with E-state index in [1.165, 1.54) is 0 Å². The topological polar surface area (TPSA) is 101 Å². The zero-order valence-electron chi connectivity index (χ0n) is 28.2. The standard InChI is InChI=1S/C43H34N4O3/c1-24(2)50-43-40(41(48)25(3)26(4)42(43)49)39-35-21-19-33(46-35)37(27-11-7-5-8-12-27)31-17-15-29(44-31)23-30-16-18-32(45-30)38(28-13-9-6-10-14-28)34-20-22-36(39)47-34/h5-24,44-45H,1-4H3. The highest BCUT2D eigenvalue weighted by Gasteiger charge is 2.36. The van der Waals surface area contributed by atoms with Crippen molar-refractivity contribution in [3.63, 3.8) is 0 Å². The Morgan fingerprint density at radius 2 is 1.00 bits per heavy atom. The average molecular weight is 655 g/mol. The van der Waals surface area contributed by atoms with Crippen molar-refractivity contribution in [2.45, 2.75) is 33.8 Å². The molecule has 0 atom stereocenters. The number of aromatic amines is 2. The van der Waals surface area contributed by atoms with Gasteiger partial charge in [0, 0.05) is 49.9 Å². The highest BCUT2D eigenvalue weighted by molar-refractivity contribution is 6.39. The Bertz CT molecular complexity index is 2390. The summed E-state index contributed by atoms with van der Waals surface area (Å²) < 4.78 is 6.19. The molecule has 7 heteroatoms. The van der Waals surface area contributed by atoms with Crippen LogP contribution >= 0.6 is 0 Å².